The van der Waals surface area contributed by atoms with Gasteiger partial charge in [-0.2, -0.15) is 0 Å². The number of nitrogens with zero attached hydrogens (tertiary/aromatic N) is 2. The molecule has 26 heavy (non-hydrogen) atoms. The Hall–Kier alpha value is -3.13. The molecule has 0 spiro atoms. The molecule has 2 rings (SSSR count). The first-order valence-electron chi connectivity index (χ1n) is 7.96. The normalized spacial score (nSPS) is 10.3. The van der Waals surface area contributed by atoms with Gasteiger partial charge in [0.15, 0.2) is 0 Å². The average Bonchev–Trinajstić information content (AvgIpc) is 2.66. The maximum Gasteiger partial charge on any atom is 0.270 e. The first-order chi connectivity index (χ1) is 12.5. The Labute approximate surface area is 151 Å². The van der Waals surface area contributed by atoms with E-state index in [4.69, 9.17) is 9.47 Å². The predicted molar refractivity (Wildman–Crippen MR) is 97.1 cm³/mol. The van der Waals surface area contributed by atoms with Crippen molar-refractivity contribution in [2.45, 2.75) is 0 Å². The van der Waals surface area contributed by atoms with Crippen molar-refractivity contribution in [3.63, 3.8) is 0 Å². The number of methoxy groups -OCH3 is 1. The molecule has 0 atom stereocenters. The third kappa shape index (κ3) is 4.70. The van der Waals surface area contributed by atoms with Gasteiger partial charge in [-0.3, -0.25) is 14.9 Å². The lowest BCUT2D eigenvalue weighted by Crippen LogP contribution is -2.33. The zero-order valence-corrected chi connectivity index (χ0v) is 14.9. The largest absolute Gasteiger partial charge is 0.497 e. The van der Waals surface area contributed by atoms with Crippen LogP contribution >= 0.6 is 0 Å². The van der Waals surface area contributed by atoms with E-state index in [0.717, 1.165) is 0 Å². The van der Waals surface area contributed by atoms with E-state index in [-0.39, 0.29) is 22.9 Å². The molecule has 1 amide bonds. The molecule has 0 aliphatic heterocycles. The predicted octanol–water partition coefficient (Wildman–Crippen LogP) is 2.69. The minimum absolute atomic E-state index is 0.133. The van der Waals surface area contributed by atoms with Gasteiger partial charge in [0.05, 0.1) is 17.6 Å². The number of hydrogen-bond donors (Lipinski definition) is 1. The summed E-state index contributed by atoms with van der Waals surface area (Å²) >= 11 is 0. The number of carbonyl (C=O) groups excluding carboxylic acids is 1. The number of nitrogens with one attached hydrogen (secondary N) is 1. The van der Waals surface area contributed by atoms with Crippen molar-refractivity contribution < 1.29 is 19.2 Å². The van der Waals surface area contributed by atoms with Gasteiger partial charge in [0.1, 0.15) is 17.2 Å². The highest BCUT2D eigenvalue weighted by Crippen LogP contribution is 2.30. The van der Waals surface area contributed by atoms with E-state index in [9.17, 15) is 14.9 Å². The summed E-state index contributed by atoms with van der Waals surface area (Å²) in [6.07, 6.45) is 0. The Balaban J connectivity index is 2.34. The molecule has 0 aliphatic rings. The van der Waals surface area contributed by atoms with Gasteiger partial charge in [-0.05, 0) is 37.4 Å². The van der Waals surface area contributed by atoms with Crippen LogP contribution in [0.3, 0.4) is 0 Å². The second kappa shape index (κ2) is 8.82. The second-order valence-corrected chi connectivity index (χ2v) is 5.55. The first kappa shape index (κ1) is 19.2. The molecule has 0 saturated heterocycles. The van der Waals surface area contributed by atoms with Crippen LogP contribution < -0.4 is 14.8 Å². The van der Waals surface area contributed by atoms with Crippen molar-refractivity contribution in [2.75, 3.05) is 34.3 Å². The van der Waals surface area contributed by atoms with Crippen LogP contribution in [-0.4, -0.2) is 50.0 Å². The summed E-state index contributed by atoms with van der Waals surface area (Å²) in [5.74, 6) is 1.06. The molecule has 0 saturated carbocycles. The number of nitro groups is 1. The van der Waals surface area contributed by atoms with Crippen molar-refractivity contribution in [1.82, 2.24) is 10.2 Å². The summed E-state index contributed by atoms with van der Waals surface area (Å²) < 4.78 is 10.9. The monoisotopic (exact) mass is 359 g/mol. The van der Waals surface area contributed by atoms with E-state index in [1.54, 1.807) is 45.5 Å². The molecule has 2 aromatic rings. The maximum atomic E-state index is 12.7. The molecule has 0 unspecified atom stereocenters. The van der Waals surface area contributed by atoms with Crippen LogP contribution in [0.4, 0.5) is 5.69 Å². The van der Waals surface area contributed by atoms with Gasteiger partial charge < -0.3 is 19.7 Å². The minimum Gasteiger partial charge on any atom is -0.497 e. The van der Waals surface area contributed by atoms with Crippen LogP contribution in [0.2, 0.25) is 0 Å². The molecule has 138 valence electrons. The zero-order chi connectivity index (χ0) is 19.1. The van der Waals surface area contributed by atoms with Gasteiger partial charge >= 0.3 is 0 Å². The van der Waals surface area contributed by atoms with E-state index in [0.29, 0.717) is 24.6 Å². The number of likely N-dealkylation sites (N-methyl/N-ethyl adjacent to an activating group) is 2. The molecule has 8 nitrogen and oxygen atoms in total. The van der Waals surface area contributed by atoms with Crippen molar-refractivity contribution in [3.05, 3.63) is 58.1 Å². The fourth-order valence-corrected chi connectivity index (χ4v) is 2.25. The second-order valence-electron chi connectivity index (χ2n) is 5.55. The standard InChI is InChI=1S/C18H21N3O5/c1-19-10-11-20(2)18(22)16-12-13(21(23)24)4-9-17(16)26-15-7-5-14(25-3)6-8-15/h4-9,12,19H,10-11H2,1-3H3. The molecular formula is C18H21N3O5. The van der Waals surface area contributed by atoms with Gasteiger partial charge in [-0.25, -0.2) is 0 Å². The lowest BCUT2D eigenvalue weighted by Gasteiger charge is -2.19. The summed E-state index contributed by atoms with van der Waals surface area (Å²) in [6.45, 7) is 1.06. The Morgan fingerprint density at radius 1 is 1.19 bits per heavy atom. The van der Waals surface area contributed by atoms with Gasteiger partial charge in [0.25, 0.3) is 11.6 Å². The Bertz CT molecular complexity index is 777. The van der Waals surface area contributed by atoms with Gasteiger partial charge in [0, 0.05) is 32.3 Å². The number of nitro benzene ring substituents is 1. The molecule has 1 N–H and O–H groups in total. The number of rotatable bonds is 8. The van der Waals surface area contributed by atoms with Crippen molar-refractivity contribution >= 4 is 11.6 Å². The van der Waals surface area contributed by atoms with Crippen molar-refractivity contribution in [2.24, 2.45) is 0 Å². The van der Waals surface area contributed by atoms with Crippen LogP contribution in [0.5, 0.6) is 17.2 Å². The lowest BCUT2D eigenvalue weighted by atomic mass is 10.1. The number of carbonyl (C=O) groups is 1. The highest BCUT2D eigenvalue weighted by molar-refractivity contribution is 5.97. The number of benzene rings is 2. The molecule has 2 aromatic carbocycles. The third-order valence-corrected chi connectivity index (χ3v) is 3.74. The summed E-state index contributed by atoms with van der Waals surface area (Å²) in [6, 6.07) is 10.8. The van der Waals surface area contributed by atoms with E-state index in [1.807, 2.05) is 0 Å². The van der Waals surface area contributed by atoms with E-state index >= 15 is 0 Å². The molecule has 0 heterocycles. The Morgan fingerprint density at radius 2 is 1.85 bits per heavy atom. The minimum atomic E-state index is -0.540. The van der Waals surface area contributed by atoms with Crippen molar-refractivity contribution in [1.29, 1.82) is 0 Å². The summed E-state index contributed by atoms with van der Waals surface area (Å²) in [4.78, 5) is 24.7. The molecule has 0 aromatic heterocycles. The average molecular weight is 359 g/mol. The van der Waals surface area contributed by atoms with Gasteiger partial charge in [-0.15, -0.1) is 0 Å². The highest BCUT2D eigenvalue weighted by Gasteiger charge is 2.21. The fourth-order valence-electron chi connectivity index (χ4n) is 2.25. The Kier molecular flexibility index (Phi) is 6.51. The number of non-ortho nitro benzene ring substituents is 1. The molecule has 8 heteroatoms. The van der Waals surface area contributed by atoms with Crippen LogP contribution in [-0.2, 0) is 0 Å². The van der Waals surface area contributed by atoms with Crippen LogP contribution in [0.1, 0.15) is 10.4 Å². The number of hydrogen-bond acceptors (Lipinski definition) is 6. The smallest absolute Gasteiger partial charge is 0.270 e. The molecule has 0 bridgehead atoms. The van der Waals surface area contributed by atoms with E-state index in [1.165, 1.54) is 23.1 Å². The molecule has 0 fully saturated rings. The number of ether oxygens (including phenoxy) is 2. The SMILES string of the molecule is CNCCN(C)C(=O)c1cc([N+](=O)[O-])ccc1Oc1ccc(OC)cc1. The number of amides is 1. The zero-order valence-electron chi connectivity index (χ0n) is 14.9. The third-order valence-electron chi connectivity index (χ3n) is 3.74. The van der Waals surface area contributed by atoms with Gasteiger partial charge in [0.2, 0.25) is 0 Å². The summed E-state index contributed by atoms with van der Waals surface area (Å²) in [7, 11) is 4.98. The summed E-state index contributed by atoms with van der Waals surface area (Å²) in [5, 5.41) is 14.0. The van der Waals surface area contributed by atoms with Gasteiger partial charge in [-0.1, -0.05) is 0 Å². The molecular weight excluding hydrogens is 338 g/mol. The lowest BCUT2D eigenvalue weighted by molar-refractivity contribution is -0.384. The Morgan fingerprint density at radius 3 is 2.42 bits per heavy atom. The topological polar surface area (TPSA) is 93.9 Å². The van der Waals surface area contributed by atoms with Crippen LogP contribution in [0.15, 0.2) is 42.5 Å². The first-order valence-corrected chi connectivity index (χ1v) is 7.96. The fraction of sp³-hybridized carbons (Fsp3) is 0.278. The quantitative estimate of drug-likeness (QED) is 0.575. The van der Waals surface area contributed by atoms with Crippen LogP contribution in [0.25, 0.3) is 0 Å². The molecule has 0 aliphatic carbocycles. The van der Waals surface area contributed by atoms with Crippen LogP contribution in [0, 0.1) is 10.1 Å². The molecule has 0 radical (unpaired) electrons. The maximum absolute atomic E-state index is 12.7. The van der Waals surface area contributed by atoms with E-state index in [2.05, 4.69) is 5.32 Å². The summed E-state index contributed by atoms with van der Waals surface area (Å²) in [5.41, 5.74) is -0.0360. The van der Waals surface area contributed by atoms with E-state index < -0.39 is 4.92 Å². The highest BCUT2D eigenvalue weighted by atomic mass is 16.6. The van der Waals surface area contributed by atoms with Crippen molar-refractivity contribution in [3.8, 4) is 17.2 Å².